The number of hydrogen-bond donors (Lipinski definition) is 0. The lowest BCUT2D eigenvalue weighted by molar-refractivity contribution is -0.385. The van der Waals surface area contributed by atoms with Gasteiger partial charge < -0.3 is 4.74 Å². The number of pyridine rings is 1. The Kier molecular flexibility index (Phi) is 5.66. The molecule has 1 aliphatic rings. The minimum Gasteiger partial charge on any atom is -0.376 e. The number of nitrogens with zero attached hydrogens (tertiary/aromatic N) is 4. The van der Waals surface area contributed by atoms with E-state index < -0.39 is 4.92 Å². The van der Waals surface area contributed by atoms with E-state index in [-0.39, 0.29) is 17.4 Å². The highest BCUT2D eigenvalue weighted by atomic mass is 32.2. The van der Waals surface area contributed by atoms with Gasteiger partial charge in [-0.15, -0.1) is 11.3 Å². The molecular weight excluding hydrogens is 412 g/mol. The fourth-order valence-corrected chi connectivity index (χ4v) is 5.52. The highest BCUT2D eigenvalue weighted by Gasteiger charge is 2.23. The Balaban J connectivity index is 1.79. The molecule has 10 heteroatoms. The summed E-state index contributed by atoms with van der Waals surface area (Å²) in [6.07, 6.45) is 3.88. The zero-order valence-electron chi connectivity index (χ0n) is 16.1. The van der Waals surface area contributed by atoms with E-state index in [0.29, 0.717) is 28.7 Å². The van der Waals surface area contributed by atoms with Gasteiger partial charge in [-0.2, -0.15) is 0 Å². The maximum absolute atomic E-state index is 13.4. The van der Waals surface area contributed by atoms with Crippen LogP contribution in [-0.2, 0) is 17.7 Å². The van der Waals surface area contributed by atoms with E-state index >= 15 is 0 Å². The fourth-order valence-electron chi connectivity index (χ4n) is 3.52. The SMILES string of the molecule is CCc1c(C)sc2nc(Sc3ccc([N+](=O)[O-])cn3)n(C[C@H]3CCCO3)c(=O)c12. The van der Waals surface area contributed by atoms with Gasteiger partial charge in [0.1, 0.15) is 16.1 Å². The van der Waals surface area contributed by atoms with Crippen LogP contribution in [0.5, 0.6) is 0 Å². The highest BCUT2D eigenvalue weighted by Crippen LogP contribution is 2.32. The second-order valence-electron chi connectivity index (χ2n) is 6.83. The predicted molar refractivity (Wildman–Crippen MR) is 112 cm³/mol. The summed E-state index contributed by atoms with van der Waals surface area (Å²) in [7, 11) is 0. The molecule has 0 radical (unpaired) electrons. The van der Waals surface area contributed by atoms with Crippen LogP contribution in [0.4, 0.5) is 5.69 Å². The van der Waals surface area contributed by atoms with Crippen LogP contribution in [0.2, 0.25) is 0 Å². The van der Waals surface area contributed by atoms with Crippen LogP contribution in [0, 0.1) is 17.0 Å². The summed E-state index contributed by atoms with van der Waals surface area (Å²) < 4.78 is 7.43. The zero-order chi connectivity index (χ0) is 20.5. The summed E-state index contributed by atoms with van der Waals surface area (Å²) >= 11 is 2.76. The largest absolute Gasteiger partial charge is 0.376 e. The molecule has 1 fully saturated rings. The number of rotatable bonds is 6. The topological polar surface area (TPSA) is 100 Å². The maximum atomic E-state index is 13.4. The summed E-state index contributed by atoms with van der Waals surface area (Å²) in [4.78, 5) is 34.5. The summed E-state index contributed by atoms with van der Waals surface area (Å²) in [5, 5.41) is 12.6. The minimum atomic E-state index is -0.486. The van der Waals surface area contributed by atoms with Crippen LogP contribution in [0.15, 0.2) is 33.3 Å². The molecule has 152 valence electrons. The molecule has 0 amide bonds. The summed E-state index contributed by atoms with van der Waals surface area (Å²) in [5.74, 6) is 0. The first-order valence-corrected chi connectivity index (χ1v) is 11.0. The molecule has 0 bridgehead atoms. The fraction of sp³-hybridized carbons (Fsp3) is 0.421. The first-order valence-electron chi connectivity index (χ1n) is 9.40. The van der Waals surface area contributed by atoms with E-state index in [4.69, 9.17) is 9.72 Å². The van der Waals surface area contributed by atoms with Crippen molar-refractivity contribution < 1.29 is 9.66 Å². The molecular formula is C19H20N4O4S2. The molecule has 0 aliphatic carbocycles. The number of thiophene rings is 1. The van der Waals surface area contributed by atoms with Crippen LogP contribution >= 0.6 is 23.1 Å². The Bertz CT molecular complexity index is 1120. The van der Waals surface area contributed by atoms with Crippen molar-refractivity contribution in [1.82, 2.24) is 14.5 Å². The quantitative estimate of drug-likeness (QED) is 0.330. The van der Waals surface area contributed by atoms with Crippen molar-refractivity contribution in [2.45, 2.75) is 55.9 Å². The smallest absolute Gasteiger partial charge is 0.287 e. The third-order valence-corrected chi connectivity index (χ3v) is 6.95. The molecule has 0 unspecified atom stereocenters. The monoisotopic (exact) mass is 432 g/mol. The molecule has 29 heavy (non-hydrogen) atoms. The Labute approximate surface area is 175 Å². The minimum absolute atomic E-state index is 0.0130. The van der Waals surface area contributed by atoms with Crippen molar-refractivity contribution in [3.05, 3.63) is 49.2 Å². The van der Waals surface area contributed by atoms with E-state index in [2.05, 4.69) is 4.98 Å². The van der Waals surface area contributed by atoms with E-state index in [0.717, 1.165) is 34.5 Å². The van der Waals surface area contributed by atoms with Crippen molar-refractivity contribution in [1.29, 1.82) is 0 Å². The van der Waals surface area contributed by atoms with E-state index in [1.165, 1.54) is 35.4 Å². The van der Waals surface area contributed by atoms with Crippen molar-refractivity contribution >= 4 is 39.0 Å². The highest BCUT2D eigenvalue weighted by molar-refractivity contribution is 7.99. The van der Waals surface area contributed by atoms with Gasteiger partial charge in [-0.1, -0.05) is 6.92 Å². The van der Waals surface area contributed by atoms with Crippen molar-refractivity contribution in [2.75, 3.05) is 6.61 Å². The average molecular weight is 433 g/mol. The van der Waals surface area contributed by atoms with Crippen molar-refractivity contribution in [3.63, 3.8) is 0 Å². The second-order valence-corrected chi connectivity index (χ2v) is 9.02. The predicted octanol–water partition coefficient (Wildman–Crippen LogP) is 3.96. The van der Waals surface area contributed by atoms with Gasteiger partial charge in [0.25, 0.3) is 11.2 Å². The molecule has 4 heterocycles. The average Bonchev–Trinajstić information content (AvgIpc) is 3.32. The summed E-state index contributed by atoms with van der Waals surface area (Å²) in [6, 6.07) is 2.98. The second kappa shape index (κ2) is 8.21. The normalized spacial score (nSPS) is 16.6. The van der Waals surface area contributed by atoms with E-state index in [9.17, 15) is 14.9 Å². The number of aryl methyl sites for hydroxylation is 2. The van der Waals surface area contributed by atoms with Crippen molar-refractivity contribution in [3.8, 4) is 0 Å². The number of hydrogen-bond acceptors (Lipinski definition) is 8. The first kappa shape index (κ1) is 20.0. The van der Waals surface area contributed by atoms with Gasteiger partial charge in [-0.25, -0.2) is 9.97 Å². The molecule has 0 saturated carbocycles. The Hall–Kier alpha value is -2.30. The number of nitro groups is 1. The lowest BCUT2D eigenvalue weighted by atomic mass is 10.1. The van der Waals surface area contributed by atoms with Gasteiger partial charge in [-0.05, 0) is 49.6 Å². The molecule has 0 aromatic carbocycles. The summed E-state index contributed by atoms with van der Waals surface area (Å²) in [5.41, 5.74) is 0.917. The molecule has 1 atom stereocenters. The van der Waals surface area contributed by atoms with Gasteiger partial charge in [0.05, 0.1) is 23.0 Å². The van der Waals surface area contributed by atoms with Gasteiger partial charge >= 0.3 is 0 Å². The number of ether oxygens (including phenoxy) is 1. The van der Waals surface area contributed by atoms with E-state index in [1.54, 1.807) is 10.6 Å². The molecule has 4 rings (SSSR count). The Morgan fingerprint density at radius 1 is 1.45 bits per heavy atom. The first-order chi connectivity index (χ1) is 14.0. The number of fused-ring (bicyclic) bond motifs is 1. The molecule has 1 aliphatic heterocycles. The van der Waals surface area contributed by atoms with Crippen LogP contribution < -0.4 is 5.56 Å². The molecule has 3 aromatic heterocycles. The third-order valence-electron chi connectivity index (χ3n) is 4.97. The third kappa shape index (κ3) is 3.92. The zero-order valence-corrected chi connectivity index (χ0v) is 17.7. The van der Waals surface area contributed by atoms with Gasteiger partial charge in [0.15, 0.2) is 5.16 Å². The molecule has 3 aromatic rings. The molecule has 0 spiro atoms. The van der Waals surface area contributed by atoms with Crippen LogP contribution in [0.25, 0.3) is 10.2 Å². The van der Waals surface area contributed by atoms with Crippen LogP contribution in [0.3, 0.4) is 0 Å². The molecule has 8 nitrogen and oxygen atoms in total. The number of aromatic nitrogens is 3. The van der Waals surface area contributed by atoms with Crippen molar-refractivity contribution in [2.24, 2.45) is 0 Å². The van der Waals surface area contributed by atoms with E-state index in [1.807, 2.05) is 13.8 Å². The van der Waals surface area contributed by atoms with Gasteiger partial charge in [0.2, 0.25) is 0 Å². The lowest BCUT2D eigenvalue weighted by Crippen LogP contribution is -2.28. The lowest BCUT2D eigenvalue weighted by Gasteiger charge is -2.15. The maximum Gasteiger partial charge on any atom is 0.287 e. The summed E-state index contributed by atoms with van der Waals surface area (Å²) in [6.45, 7) is 5.20. The molecule has 1 saturated heterocycles. The Morgan fingerprint density at radius 3 is 2.90 bits per heavy atom. The van der Waals surface area contributed by atoms with Crippen LogP contribution in [-0.4, -0.2) is 32.2 Å². The Morgan fingerprint density at radius 2 is 2.28 bits per heavy atom. The van der Waals surface area contributed by atoms with Gasteiger partial charge in [0, 0.05) is 17.6 Å². The van der Waals surface area contributed by atoms with Gasteiger partial charge in [-0.3, -0.25) is 19.5 Å². The van der Waals surface area contributed by atoms with Crippen LogP contribution in [0.1, 0.15) is 30.2 Å². The standard InChI is InChI=1S/C19H20N4O4S2/c1-3-14-11(2)28-17-16(14)18(24)22(10-13-5-4-8-27-13)19(21-17)29-15-7-6-12(9-20-15)23(25)26/h6-7,9,13H,3-5,8,10H2,1-2H3/t13-/m1/s1. The molecule has 0 N–H and O–H groups in total.